The molecule has 2 N–H and O–H groups in total. The van der Waals surface area contributed by atoms with E-state index in [1.165, 1.54) is 16.7 Å². The van der Waals surface area contributed by atoms with E-state index in [-0.39, 0.29) is 17.3 Å². The molecule has 1 aromatic carbocycles. The van der Waals surface area contributed by atoms with Crippen LogP contribution in [0.25, 0.3) is 0 Å². The van der Waals surface area contributed by atoms with Gasteiger partial charge < -0.3 is 10.4 Å². The van der Waals surface area contributed by atoms with E-state index < -0.39 is 12.0 Å². The maximum atomic E-state index is 12.5. The number of nitrogens with zero attached hydrogens (tertiary/aromatic N) is 1. The Morgan fingerprint density at radius 3 is 2.48 bits per heavy atom. The number of carboxylic acids is 1. The number of nitrogens with one attached hydrogen (secondary N) is 1. The van der Waals surface area contributed by atoms with E-state index in [4.69, 9.17) is 0 Å². The van der Waals surface area contributed by atoms with Gasteiger partial charge in [0, 0.05) is 11.4 Å². The molecule has 1 aromatic rings. The number of benzene rings is 1. The van der Waals surface area contributed by atoms with Crippen molar-refractivity contribution in [2.75, 3.05) is 11.1 Å². The van der Waals surface area contributed by atoms with E-state index in [0.29, 0.717) is 11.4 Å². The van der Waals surface area contributed by atoms with Gasteiger partial charge in [-0.15, -0.1) is 11.8 Å². The maximum Gasteiger partial charge on any atom is 0.327 e. The highest BCUT2D eigenvalue weighted by atomic mass is 32.2. The molecule has 1 aliphatic rings. The third kappa shape index (κ3) is 3.50. The van der Waals surface area contributed by atoms with Crippen LogP contribution in [0.3, 0.4) is 0 Å². The van der Waals surface area contributed by atoms with Crippen LogP contribution in [0.2, 0.25) is 0 Å². The molecule has 0 aromatic heterocycles. The van der Waals surface area contributed by atoms with Gasteiger partial charge in [-0.05, 0) is 25.0 Å². The zero-order chi connectivity index (χ0) is 15.6. The van der Waals surface area contributed by atoms with Crippen molar-refractivity contribution in [2.45, 2.75) is 32.2 Å². The van der Waals surface area contributed by atoms with Crippen LogP contribution in [0.4, 0.5) is 10.5 Å². The number of urea groups is 1. The summed E-state index contributed by atoms with van der Waals surface area (Å²) in [6.07, 6.45) is 0. The molecule has 0 aliphatic carbocycles. The molecular formula is C15H20N2O3S. The van der Waals surface area contributed by atoms with Gasteiger partial charge in [0.15, 0.2) is 0 Å². The normalized spacial score (nSPS) is 21.6. The van der Waals surface area contributed by atoms with Crippen molar-refractivity contribution < 1.29 is 14.7 Å². The van der Waals surface area contributed by atoms with Gasteiger partial charge in [-0.1, -0.05) is 31.5 Å². The van der Waals surface area contributed by atoms with E-state index in [9.17, 15) is 14.7 Å². The minimum Gasteiger partial charge on any atom is -0.480 e. The molecule has 0 radical (unpaired) electrons. The van der Waals surface area contributed by atoms with Gasteiger partial charge in [0.2, 0.25) is 0 Å². The van der Waals surface area contributed by atoms with Crippen LogP contribution >= 0.6 is 11.8 Å². The first-order chi connectivity index (χ1) is 9.90. The molecule has 6 heteroatoms. The van der Waals surface area contributed by atoms with Crippen molar-refractivity contribution >= 4 is 29.4 Å². The van der Waals surface area contributed by atoms with Gasteiger partial charge in [0.25, 0.3) is 0 Å². The quantitative estimate of drug-likeness (QED) is 0.900. The van der Waals surface area contributed by atoms with Crippen LogP contribution in [0.5, 0.6) is 0 Å². The minimum absolute atomic E-state index is 0.114. The van der Waals surface area contributed by atoms with E-state index in [1.54, 1.807) is 0 Å². The fourth-order valence-corrected chi connectivity index (χ4v) is 3.78. The van der Waals surface area contributed by atoms with Crippen LogP contribution in [-0.2, 0) is 4.79 Å². The first-order valence-electron chi connectivity index (χ1n) is 6.90. The summed E-state index contributed by atoms with van der Waals surface area (Å²) in [7, 11) is 0. The van der Waals surface area contributed by atoms with Crippen molar-refractivity contribution in [2.24, 2.45) is 5.92 Å². The lowest BCUT2D eigenvalue weighted by Gasteiger charge is -2.29. The summed E-state index contributed by atoms with van der Waals surface area (Å²) in [6.45, 7) is 5.96. The standard InChI is InChI=1S/C15H20N2O3S/c1-9(2)13-17(12(8-21-13)14(18)19)15(20)16-11-6-4-10(3)5-7-11/h4-7,9,12-13H,8H2,1-3H3,(H,16,20)(H,18,19). The molecule has 2 unspecified atom stereocenters. The molecule has 0 saturated carbocycles. The number of hydrogen-bond acceptors (Lipinski definition) is 3. The molecule has 5 nitrogen and oxygen atoms in total. The Bertz CT molecular complexity index is 530. The zero-order valence-electron chi connectivity index (χ0n) is 12.4. The van der Waals surface area contributed by atoms with Gasteiger partial charge >= 0.3 is 12.0 Å². The molecule has 1 heterocycles. The number of carboxylic acid groups (broad SMARTS) is 1. The lowest BCUT2D eigenvalue weighted by Crippen LogP contribution is -2.49. The van der Waals surface area contributed by atoms with Gasteiger partial charge in [-0.2, -0.15) is 0 Å². The maximum absolute atomic E-state index is 12.5. The summed E-state index contributed by atoms with van der Waals surface area (Å²) < 4.78 is 0. The Morgan fingerprint density at radius 2 is 1.95 bits per heavy atom. The SMILES string of the molecule is Cc1ccc(NC(=O)N2C(C(=O)O)CSC2C(C)C)cc1. The van der Waals surface area contributed by atoms with E-state index in [0.717, 1.165) is 5.56 Å². The van der Waals surface area contributed by atoms with Gasteiger partial charge in [-0.3, -0.25) is 4.90 Å². The molecule has 2 rings (SSSR count). The third-order valence-corrected chi connectivity index (χ3v) is 5.05. The summed E-state index contributed by atoms with van der Waals surface area (Å²) in [6, 6.07) is 6.32. The van der Waals surface area contributed by atoms with E-state index in [1.807, 2.05) is 45.0 Å². The van der Waals surface area contributed by atoms with Crippen molar-refractivity contribution in [3.05, 3.63) is 29.8 Å². The monoisotopic (exact) mass is 308 g/mol. The lowest BCUT2D eigenvalue weighted by atomic mass is 10.1. The summed E-state index contributed by atoms with van der Waals surface area (Å²) in [5.74, 6) is -0.327. The number of rotatable bonds is 3. The van der Waals surface area contributed by atoms with Crippen LogP contribution in [0.1, 0.15) is 19.4 Å². The molecule has 2 atom stereocenters. The number of anilines is 1. The Labute approximate surface area is 128 Å². The molecule has 0 spiro atoms. The van der Waals surface area contributed by atoms with Gasteiger partial charge in [-0.25, -0.2) is 9.59 Å². The van der Waals surface area contributed by atoms with E-state index in [2.05, 4.69) is 5.32 Å². The third-order valence-electron chi connectivity index (χ3n) is 3.43. The molecule has 21 heavy (non-hydrogen) atoms. The average Bonchev–Trinajstić information content (AvgIpc) is 2.86. The summed E-state index contributed by atoms with van der Waals surface area (Å²) in [4.78, 5) is 25.3. The van der Waals surface area contributed by atoms with Crippen molar-refractivity contribution in [3.63, 3.8) is 0 Å². The predicted molar refractivity (Wildman–Crippen MR) is 84.5 cm³/mol. The first kappa shape index (κ1) is 15.7. The zero-order valence-corrected chi connectivity index (χ0v) is 13.2. The number of amides is 2. The highest BCUT2D eigenvalue weighted by Gasteiger charge is 2.42. The number of carbonyl (C=O) groups is 2. The Hall–Kier alpha value is -1.69. The van der Waals surface area contributed by atoms with Gasteiger partial charge in [0.1, 0.15) is 6.04 Å². The van der Waals surface area contributed by atoms with Gasteiger partial charge in [0.05, 0.1) is 5.37 Å². The van der Waals surface area contributed by atoms with Crippen LogP contribution < -0.4 is 5.32 Å². The molecule has 1 fully saturated rings. The number of aryl methyl sites for hydroxylation is 1. The van der Waals surface area contributed by atoms with Crippen molar-refractivity contribution in [1.82, 2.24) is 4.90 Å². The lowest BCUT2D eigenvalue weighted by molar-refractivity contribution is -0.141. The topological polar surface area (TPSA) is 69.6 Å². The van der Waals surface area contributed by atoms with Crippen molar-refractivity contribution in [3.8, 4) is 0 Å². The molecule has 0 bridgehead atoms. The fraction of sp³-hybridized carbons (Fsp3) is 0.467. The number of hydrogen-bond donors (Lipinski definition) is 2. The summed E-state index contributed by atoms with van der Waals surface area (Å²) >= 11 is 1.52. The Kier molecular flexibility index (Phi) is 4.77. The molecule has 2 amide bonds. The number of aliphatic carboxylic acids is 1. The largest absolute Gasteiger partial charge is 0.480 e. The van der Waals surface area contributed by atoms with Crippen LogP contribution in [0, 0.1) is 12.8 Å². The minimum atomic E-state index is -0.954. The second-order valence-electron chi connectivity index (χ2n) is 5.53. The highest BCUT2D eigenvalue weighted by Crippen LogP contribution is 2.34. The number of thioether (sulfide) groups is 1. The Balaban J connectivity index is 2.16. The second-order valence-corrected chi connectivity index (χ2v) is 6.68. The molecule has 1 aliphatic heterocycles. The summed E-state index contributed by atoms with van der Waals surface area (Å²) in [5, 5.41) is 12.0. The average molecular weight is 308 g/mol. The van der Waals surface area contributed by atoms with Crippen molar-refractivity contribution in [1.29, 1.82) is 0 Å². The second kappa shape index (κ2) is 6.39. The molecule has 114 valence electrons. The first-order valence-corrected chi connectivity index (χ1v) is 7.95. The van der Waals surface area contributed by atoms with Crippen LogP contribution in [0.15, 0.2) is 24.3 Å². The smallest absolute Gasteiger partial charge is 0.327 e. The van der Waals surface area contributed by atoms with Crippen LogP contribution in [-0.4, -0.2) is 39.2 Å². The molecule has 1 saturated heterocycles. The summed E-state index contributed by atoms with van der Waals surface area (Å²) in [5.41, 5.74) is 1.78. The Morgan fingerprint density at radius 1 is 1.33 bits per heavy atom. The predicted octanol–water partition coefficient (Wildman–Crippen LogP) is 3.01. The fourth-order valence-electron chi connectivity index (χ4n) is 2.31. The highest BCUT2D eigenvalue weighted by molar-refractivity contribution is 8.00. The number of carbonyl (C=O) groups excluding carboxylic acids is 1. The van der Waals surface area contributed by atoms with E-state index >= 15 is 0 Å². The molecular weight excluding hydrogens is 288 g/mol.